The van der Waals surface area contributed by atoms with Gasteiger partial charge in [-0.15, -0.1) is 0 Å². The van der Waals surface area contributed by atoms with Crippen LogP contribution >= 0.6 is 15.9 Å². The quantitative estimate of drug-likeness (QED) is 0.754. The second-order valence-electron chi connectivity index (χ2n) is 5.32. The standard InChI is InChI=1S/C18H19BrO2/c1-13-5-4-7-15(11-19)18(13)21-12-17-16-8-3-2-6-14(16)9-10-20-17/h2-8,17H,9-12H2,1H3. The minimum atomic E-state index is 0.0257. The van der Waals surface area contributed by atoms with Gasteiger partial charge in [0.2, 0.25) is 0 Å². The molecule has 0 aliphatic carbocycles. The SMILES string of the molecule is Cc1cccc(CBr)c1OCC1OCCc2ccccc21. The van der Waals surface area contributed by atoms with E-state index in [4.69, 9.17) is 9.47 Å². The lowest BCUT2D eigenvalue weighted by Gasteiger charge is -2.26. The van der Waals surface area contributed by atoms with E-state index < -0.39 is 0 Å². The molecule has 0 radical (unpaired) electrons. The molecule has 1 atom stereocenters. The van der Waals surface area contributed by atoms with Crippen LogP contribution in [0.2, 0.25) is 0 Å². The second-order valence-corrected chi connectivity index (χ2v) is 5.88. The molecule has 1 aliphatic heterocycles. The zero-order valence-electron chi connectivity index (χ0n) is 12.1. The number of alkyl halides is 1. The number of hydrogen-bond acceptors (Lipinski definition) is 2. The summed E-state index contributed by atoms with van der Waals surface area (Å²) in [4.78, 5) is 0. The van der Waals surface area contributed by atoms with Gasteiger partial charge < -0.3 is 9.47 Å². The van der Waals surface area contributed by atoms with E-state index in [0.29, 0.717) is 6.61 Å². The topological polar surface area (TPSA) is 18.5 Å². The smallest absolute Gasteiger partial charge is 0.126 e. The largest absolute Gasteiger partial charge is 0.490 e. The maximum atomic E-state index is 6.10. The van der Waals surface area contributed by atoms with Gasteiger partial charge in [0.15, 0.2) is 0 Å². The monoisotopic (exact) mass is 346 g/mol. The van der Waals surface area contributed by atoms with Gasteiger partial charge in [0.25, 0.3) is 0 Å². The van der Waals surface area contributed by atoms with Crippen molar-refractivity contribution in [3.05, 3.63) is 64.7 Å². The van der Waals surface area contributed by atoms with Crippen molar-refractivity contribution >= 4 is 15.9 Å². The van der Waals surface area contributed by atoms with Crippen LogP contribution in [-0.4, -0.2) is 13.2 Å². The van der Waals surface area contributed by atoms with Crippen molar-refractivity contribution in [2.45, 2.75) is 24.8 Å². The van der Waals surface area contributed by atoms with E-state index >= 15 is 0 Å². The van der Waals surface area contributed by atoms with Crippen LogP contribution < -0.4 is 4.74 Å². The lowest BCUT2D eigenvalue weighted by atomic mass is 9.98. The Morgan fingerprint density at radius 2 is 2.05 bits per heavy atom. The molecule has 0 spiro atoms. The van der Waals surface area contributed by atoms with E-state index in [0.717, 1.165) is 29.7 Å². The van der Waals surface area contributed by atoms with Crippen LogP contribution in [-0.2, 0) is 16.5 Å². The maximum absolute atomic E-state index is 6.10. The first kappa shape index (κ1) is 14.6. The summed E-state index contributed by atoms with van der Waals surface area (Å²) in [6, 6.07) is 14.7. The summed E-state index contributed by atoms with van der Waals surface area (Å²) in [5.74, 6) is 0.973. The van der Waals surface area contributed by atoms with E-state index in [1.54, 1.807) is 0 Å². The van der Waals surface area contributed by atoms with E-state index in [2.05, 4.69) is 65.3 Å². The highest BCUT2D eigenvalue weighted by molar-refractivity contribution is 9.08. The fourth-order valence-corrected chi connectivity index (χ4v) is 3.24. The van der Waals surface area contributed by atoms with Gasteiger partial charge in [-0.25, -0.2) is 0 Å². The van der Waals surface area contributed by atoms with Crippen LogP contribution in [0.25, 0.3) is 0 Å². The first-order valence-corrected chi connectivity index (χ1v) is 8.38. The Morgan fingerprint density at radius 1 is 1.19 bits per heavy atom. The van der Waals surface area contributed by atoms with Crippen LogP contribution in [0.4, 0.5) is 0 Å². The average molecular weight is 347 g/mol. The molecule has 1 unspecified atom stereocenters. The molecule has 110 valence electrons. The van der Waals surface area contributed by atoms with E-state index in [1.165, 1.54) is 16.7 Å². The normalized spacial score (nSPS) is 17.3. The second kappa shape index (κ2) is 6.63. The third kappa shape index (κ3) is 3.14. The average Bonchev–Trinajstić information content (AvgIpc) is 2.53. The summed E-state index contributed by atoms with van der Waals surface area (Å²) in [5.41, 5.74) is 4.98. The number of rotatable bonds is 4. The number of hydrogen-bond donors (Lipinski definition) is 0. The maximum Gasteiger partial charge on any atom is 0.126 e. The first-order chi connectivity index (χ1) is 10.3. The minimum absolute atomic E-state index is 0.0257. The first-order valence-electron chi connectivity index (χ1n) is 7.26. The Labute approximate surface area is 134 Å². The van der Waals surface area contributed by atoms with Crippen molar-refractivity contribution < 1.29 is 9.47 Å². The minimum Gasteiger partial charge on any atom is -0.490 e. The summed E-state index contributed by atoms with van der Waals surface area (Å²) >= 11 is 3.52. The number of fused-ring (bicyclic) bond motifs is 1. The molecule has 3 heteroatoms. The van der Waals surface area contributed by atoms with Gasteiger partial charge in [0.1, 0.15) is 18.5 Å². The van der Waals surface area contributed by atoms with Crippen molar-refractivity contribution in [1.82, 2.24) is 0 Å². The molecule has 1 heterocycles. The molecule has 0 saturated heterocycles. The fourth-order valence-electron chi connectivity index (χ4n) is 2.80. The van der Waals surface area contributed by atoms with Crippen LogP contribution in [0.15, 0.2) is 42.5 Å². The highest BCUT2D eigenvalue weighted by atomic mass is 79.9. The predicted molar refractivity (Wildman–Crippen MR) is 88.1 cm³/mol. The predicted octanol–water partition coefficient (Wildman–Crippen LogP) is 4.58. The summed E-state index contributed by atoms with van der Waals surface area (Å²) in [7, 11) is 0. The van der Waals surface area contributed by atoms with Gasteiger partial charge in [0, 0.05) is 10.9 Å². The Bertz CT molecular complexity index is 624. The molecular formula is C18H19BrO2. The summed E-state index contributed by atoms with van der Waals surface area (Å²) < 4.78 is 12.0. The molecular weight excluding hydrogens is 328 g/mol. The van der Waals surface area contributed by atoms with Gasteiger partial charge in [-0.1, -0.05) is 58.4 Å². The molecule has 21 heavy (non-hydrogen) atoms. The molecule has 0 saturated carbocycles. The lowest BCUT2D eigenvalue weighted by Crippen LogP contribution is -2.22. The van der Waals surface area contributed by atoms with Gasteiger partial charge >= 0.3 is 0 Å². The number of ether oxygens (including phenoxy) is 2. The molecule has 0 bridgehead atoms. The van der Waals surface area contributed by atoms with E-state index in [9.17, 15) is 0 Å². The molecule has 2 nitrogen and oxygen atoms in total. The summed E-state index contributed by atoms with van der Waals surface area (Å²) in [6.45, 7) is 3.41. The molecule has 0 N–H and O–H groups in total. The van der Waals surface area contributed by atoms with Crippen LogP contribution in [0.5, 0.6) is 5.75 Å². The van der Waals surface area contributed by atoms with Crippen molar-refractivity contribution in [2.24, 2.45) is 0 Å². The van der Waals surface area contributed by atoms with Crippen LogP contribution in [0.3, 0.4) is 0 Å². The third-order valence-corrected chi connectivity index (χ3v) is 4.51. The zero-order chi connectivity index (χ0) is 14.7. The number of halogens is 1. The van der Waals surface area contributed by atoms with Crippen molar-refractivity contribution in [2.75, 3.05) is 13.2 Å². The molecule has 2 aromatic rings. The van der Waals surface area contributed by atoms with Gasteiger partial charge in [-0.3, -0.25) is 0 Å². The van der Waals surface area contributed by atoms with Crippen molar-refractivity contribution in [1.29, 1.82) is 0 Å². The lowest BCUT2D eigenvalue weighted by molar-refractivity contribution is 0.00989. The van der Waals surface area contributed by atoms with Gasteiger partial charge in [-0.05, 0) is 30.0 Å². The van der Waals surface area contributed by atoms with Crippen molar-refractivity contribution in [3.63, 3.8) is 0 Å². The molecule has 0 aromatic heterocycles. The van der Waals surface area contributed by atoms with Crippen LogP contribution in [0.1, 0.15) is 28.4 Å². The Kier molecular flexibility index (Phi) is 4.61. The van der Waals surface area contributed by atoms with Gasteiger partial charge in [-0.2, -0.15) is 0 Å². The van der Waals surface area contributed by atoms with E-state index in [-0.39, 0.29) is 6.10 Å². The number of benzene rings is 2. The summed E-state index contributed by atoms with van der Waals surface area (Å²) in [5, 5.41) is 0.798. The Morgan fingerprint density at radius 3 is 2.90 bits per heavy atom. The molecule has 3 rings (SSSR count). The number of aryl methyl sites for hydroxylation is 1. The molecule has 1 aliphatic rings. The van der Waals surface area contributed by atoms with Gasteiger partial charge in [0.05, 0.1) is 6.61 Å². The van der Waals surface area contributed by atoms with E-state index in [1.807, 2.05) is 0 Å². The Hall–Kier alpha value is -1.32. The fraction of sp³-hybridized carbons (Fsp3) is 0.333. The highest BCUT2D eigenvalue weighted by Crippen LogP contribution is 2.30. The molecule has 0 fully saturated rings. The summed E-state index contributed by atoms with van der Waals surface area (Å²) in [6.07, 6.45) is 1.02. The Balaban J connectivity index is 1.78. The third-order valence-electron chi connectivity index (χ3n) is 3.91. The zero-order valence-corrected chi connectivity index (χ0v) is 13.7. The molecule has 0 amide bonds. The highest BCUT2D eigenvalue weighted by Gasteiger charge is 2.21. The number of para-hydroxylation sites is 1. The van der Waals surface area contributed by atoms with Crippen LogP contribution in [0, 0.1) is 6.92 Å². The van der Waals surface area contributed by atoms with Crippen molar-refractivity contribution in [3.8, 4) is 5.75 Å². The molecule has 2 aromatic carbocycles.